The van der Waals surface area contributed by atoms with Gasteiger partial charge in [0.15, 0.2) is 5.82 Å². The van der Waals surface area contributed by atoms with Crippen LogP contribution >= 0.6 is 0 Å². The van der Waals surface area contributed by atoms with Gasteiger partial charge in [-0.15, -0.1) is 0 Å². The second-order valence-corrected chi connectivity index (χ2v) is 4.77. The fourth-order valence-corrected chi connectivity index (χ4v) is 2.23. The fourth-order valence-electron chi connectivity index (χ4n) is 2.23. The smallest absolute Gasteiger partial charge is 0.163 e. The lowest BCUT2D eigenvalue weighted by molar-refractivity contribution is 0.304. The number of nitrogens with zero attached hydrogens (tertiary/aromatic N) is 4. The van der Waals surface area contributed by atoms with E-state index < -0.39 is 0 Å². The van der Waals surface area contributed by atoms with E-state index in [1.165, 1.54) is 0 Å². The van der Waals surface area contributed by atoms with Crippen molar-refractivity contribution in [3.8, 4) is 11.4 Å². The molecule has 2 heterocycles. The first kappa shape index (κ1) is 13.5. The molecule has 1 aromatic carbocycles. The lowest BCUT2D eigenvalue weighted by Gasteiger charge is -2.19. The number of benzene rings is 1. The number of pyridine rings is 1. The van der Waals surface area contributed by atoms with E-state index >= 15 is 0 Å². The molecule has 106 valence electrons. The molecule has 0 unspecified atom stereocenters. The Hall–Kier alpha value is -2.53. The normalized spacial score (nSPS) is 10.8. The highest BCUT2D eigenvalue weighted by Crippen LogP contribution is 2.26. The summed E-state index contributed by atoms with van der Waals surface area (Å²) in [6.07, 6.45) is 3.48. The van der Waals surface area contributed by atoms with Crippen LogP contribution in [0.1, 0.15) is 0 Å². The predicted octanol–water partition coefficient (Wildman–Crippen LogP) is 2.12. The van der Waals surface area contributed by atoms with Gasteiger partial charge in [0.1, 0.15) is 5.82 Å². The number of likely N-dealkylation sites (N-methyl/N-ethyl adjacent to an activating group) is 1. The van der Waals surface area contributed by atoms with Gasteiger partial charge in [0.25, 0.3) is 0 Å². The lowest BCUT2D eigenvalue weighted by Crippen LogP contribution is -2.22. The molecule has 0 saturated carbocycles. The van der Waals surface area contributed by atoms with Crippen LogP contribution < -0.4 is 4.90 Å². The van der Waals surface area contributed by atoms with E-state index in [2.05, 4.69) is 15.0 Å². The molecule has 5 nitrogen and oxygen atoms in total. The first-order valence-corrected chi connectivity index (χ1v) is 6.79. The van der Waals surface area contributed by atoms with Gasteiger partial charge in [0, 0.05) is 36.9 Å². The molecule has 0 aliphatic rings. The Morgan fingerprint density at radius 1 is 1.10 bits per heavy atom. The Kier molecular flexibility index (Phi) is 3.75. The highest BCUT2D eigenvalue weighted by atomic mass is 16.3. The molecule has 0 aliphatic carbocycles. The van der Waals surface area contributed by atoms with Crippen LogP contribution in [0, 0.1) is 0 Å². The monoisotopic (exact) mass is 280 g/mol. The van der Waals surface area contributed by atoms with E-state index in [0.29, 0.717) is 12.4 Å². The summed E-state index contributed by atoms with van der Waals surface area (Å²) < 4.78 is 0. The summed E-state index contributed by atoms with van der Waals surface area (Å²) in [5.74, 6) is 1.45. The minimum atomic E-state index is 0.0804. The Bertz CT molecular complexity index is 746. The summed E-state index contributed by atoms with van der Waals surface area (Å²) in [5.41, 5.74) is 1.76. The maximum atomic E-state index is 9.16. The third kappa shape index (κ3) is 2.68. The average molecular weight is 280 g/mol. The number of hydrogen-bond donors (Lipinski definition) is 1. The predicted molar refractivity (Wildman–Crippen MR) is 83.1 cm³/mol. The zero-order valence-corrected chi connectivity index (χ0v) is 11.8. The molecule has 3 rings (SSSR count). The van der Waals surface area contributed by atoms with Crippen LogP contribution in [0.15, 0.2) is 48.8 Å². The second kappa shape index (κ2) is 5.85. The van der Waals surface area contributed by atoms with Crippen LogP contribution in [-0.2, 0) is 0 Å². The standard InChI is InChI=1S/C16H16N4O/c1-20(9-10-21)16-13-6-2-3-7-14(13)18-15(19-16)12-5-4-8-17-11-12/h2-8,11,21H,9-10H2,1H3. The SMILES string of the molecule is CN(CCO)c1nc(-c2cccnc2)nc2ccccc12. The Balaban J connectivity index is 2.19. The number of aliphatic hydroxyl groups is 1. The van der Waals surface area contributed by atoms with Gasteiger partial charge in [-0.1, -0.05) is 12.1 Å². The third-order valence-electron chi connectivity index (χ3n) is 3.30. The zero-order chi connectivity index (χ0) is 14.7. The summed E-state index contributed by atoms with van der Waals surface area (Å²) >= 11 is 0. The summed E-state index contributed by atoms with van der Waals surface area (Å²) in [6.45, 7) is 0.602. The molecular formula is C16H16N4O. The van der Waals surface area contributed by atoms with Crippen molar-refractivity contribution in [2.45, 2.75) is 0 Å². The molecule has 0 atom stereocenters. The molecule has 5 heteroatoms. The molecule has 1 N–H and O–H groups in total. The first-order chi connectivity index (χ1) is 10.3. The van der Waals surface area contributed by atoms with Gasteiger partial charge in [-0.25, -0.2) is 9.97 Å². The number of rotatable bonds is 4. The molecule has 0 radical (unpaired) electrons. The Labute approximate surface area is 122 Å². The van der Waals surface area contributed by atoms with Crippen molar-refractivity contribution >= 4 is 16.7 Å². The summed E-state index contributed by atoms with van der Waals surface area (Å²) in [7, 11) is 1.91. The van der Waals surface area contributed by atoms with Crippen LogP contribution in [0.2, 0.25) is 0 Å². The Morgan fingerprint density at radius 2 is 1.95 bits per heavy atom. The van der Waals surface area contributed by atoms with Crippen molar-refractivity contribution in [1.82, 2.24) is 15.0 Å². The van der Waals surface area contributed by atoms with Gasteiger partial charge in [-0.05, 0) is 24.3 Å². The molecule has 0 fully saturated rings. The number of anilines is 1. The van der Waals surface area contributed by atoms with Gasteiger partial charge in [0.2, 0.25) is 0 Å². The van der Waals surface area contributed by atoms with Crippen molar-refractivity contribution in [2.75, 3.05) is 25.1 Å². The molecule has 0 saturated heterocycles. The molecule has 0 aliphatic heterocycles. The number of para-hydroxylation sites is 1. The number of aromatic nitrogens is 3. The van der Waals surface area contributed by atoms with Crippen molar-refractivity contribution in [3.05, 3.63) is 48.8 Å². The number of hydrogen-bond acceptors (Lipinski definition) is 5. The summed E-state index contributed by atoms with van der Waals surface area (Å²) in [6, 6.07) is 11.7. The molecule has 3 aromatic rings. The Morgan fingerprint density at radius 3 is 2.71 bits per heavy atom. The molecule has 0 spiro atoms. The van der Waals surface area contributed by atoms with Crippen molar-refractivity contribution in [3.63, 3.8) is 0 Å². The van der Waals surface area contributed by atoms with E-state index in [-0.39, 0.29) is 6.61 Å². The van der Waals surface area contributed by atoms with Crippen LogP contribution in [0.4, 0.5) is 5.82 Å². The van der Waals surface area contributed by atoms with Gasteiger partial charge < -0.3 is 10.0 Å². The fraction of sp³-hybridized carbons (Fsp3) is 0.188. The molecule has 21 heavy (non-hydrogen) atoms. The molecule has 0 amide bonds. The summed E-state index contributed by atoms with van der Waals surface area (Å²) in [5, 5.41) is 10.1. The van der Waals surface area contributed by atoms with E-state index in [9.17, 15) is 0 Å². The van der Waals surface area contributed by atoms with Gasteiger partial charge in [0.05, 0.1) is 12.1 Å². The molecule has 0 bridgehead atoms. The number of aliphatic hydroxyl groups excluding tert-OH is 1. The highest BCUT2D eigenvalue weighted by Gasteiger charge is 2.12. The van der Waals surface area contributed by atoms with Crippen LogP contribution in [0.3, 0.4) is 0 Å². The van der Waals surface area contributed by atoms with E-state index in [1.807, 2.05) is 48.3 Å². The molecule has 2 aromatic heterocycles. The van der Waals surface area contributed by atoms with Gasteiger partial charge >= 0.3 is 0 Å². The maximum absolute atomic E-state index is 9.16. The van der Waals surface area contributed by atoms with Crippen molar-refractivity contribution in [2.24, 2.45) is 0 Å². The lowest BCUT2D eigenvalue weighted by atomic mass is 10.2. The van der Waals surface area contributed by atoms with Crippen LogP contribution in [0.25, 0.3) is 22.3 Å². The molecular weight excluding hydrogens is 264 g/mol. The second-order valence-electron chi connectivity index (χ2n) is 4.77. The minimum absolute atomic E-state index is 0.0804. The van der Waals surface area contributed by atoms with Gasteiger partial charge in [-0.3, -0.25) is 4.98 Å². The average Bonchev–Trinajstić information content (AvgIpc) is 2.55. The van der Waals surface area contributed by atoms with Crippen LogP contribution in [0.5, 0.6) is 0 Å². The highest BCUT2D eigenvalue weighted by molar-refractivity contribution is 5.90. The van der Waals surface area contributed by atoms with E-state index in [4.69, 9.17) is 5.11 Å². The minimum Gasteiger partial charge on any atom is -0.395 e. The van der Waals surface area contributed by atoms with E-state index in [1.54, 1.807) is 12.4 Å². The van der Waals surface area contributed by atoms with E-state index in [0.717, 1.165) is 22.3 Å². The number of fused-ring (bicyclic) bond motifs is 1. The maximum Gasteiger partial charge on any atom is 0.163 e. The van der Waals surface area contributed by atoms with Crippen LogP contribution in [-0.4, -0.2) is 40.3 Å². The largest absolute Gasteiger partial charge is 0.395 e. The van der Waals surface area contributed by atoms with Gasteiger partial charge in [-0.2, -0.15) is 0 Å². The van der Waals surface area contributed by atoms with Crippen molar-refractivity contribution in [1.29, 1.82) is 0 Å². The first-order valence-electron chi connectivity index (χ1n) is 6.79. The van der Waals surface area contributed by atoms with Crippen molar-refractivity contribution < 1.29 is 5.11 Å². The topological polar surface area (TPSA) is 62.1 Å². The quantitative estimate of drug-likeness (QED) is 0.793. The summed E-state index contributed by atoms with van der Waals surface area (Å²) in [4.78, 5) is 15.3. The third-order valence-corrected chi connectivity index (χ3v) is 3.30. The zero-order valence-electron chi connectivity index (χ0n) is 11.8.